The predicted molar refractivity (Wildman–Crippen MR) is 136 cm³/mol. The number of rotatable bonds is 14. The van der Waals surface area contributed by atoms with Crippen LogP contribution in [0.15, 0.2) is 23.8 Å². The fourth-order valence-electron chi connectivity index (χ4n) is 6.65. The highest BCUT2D eigenvalue weighted by Crippen LogP contribution is 2.48. The second kappa shape index (κ2) is 14.0. The summed E-state index contributed by atoms with van der Waals surface area (Å²) in [4.78, 5) is 0. The highest BCUT2D eigenvalue weighted by molar-refractivity contribution is 5.27. The molecule has 1 atom stereocenters. The number of unbranched alkanes of at least 4 members (excludes halogenated alkanes) is 5. The van der Waals surface area contributed by atoms with E-state index in [2.05, 4.69) is 11.7 Å². The van der Waals surface area contributed by atoms with E-state index in [-0.39, 0.29) is 12.3 Å². The van der Waals surface area contributed by atoms with Gasteiger partial charge in [0, 0.05) is 0 Å². The molecule has 0 heterocycles. The molecule has 0 saturated heterocycles. The lowest BCUT2D eigenvalue weighted by molar-refractivity contribution is -0.405. The zero-order chi connectivity index (χ0) is 27.8. The average molecular weight is 555 g/mol. The van der Waals surface area contributed by atoms with Crippen LogP contribution in [0.2, 0.25) is 0 Å². The molecule has 0 aromatic heterocycles. The van der Waals surface area contributed by atoms with Crippen molar-refractivity contribution in [1.29, 1.82) is 0 Å². The van der Waals surface area contributed by atoms with Crippen molar-refractivity contribution in [3.63, 3.8) is 0 Å². The molecule has 0 amide bonds. The van der Waals surface area contributed by atoms with Gasteiger partial charge >= 0.3 is 18.0 Å². The van der Waals surface area contributed by atoms with Crippen LogP contribution in [0, 0.1) is 23.7 Å². The first-order valence-electron chi connectivity index (χ1n) is 14.8. The fourth-order valence-corrected chi connectivity index (χ4v) is 6.65. The highest BCUT2D eigenvalue weighted by atomic mass is 19.4. The van der Waals surface area contributed by atoms with Crippen molar-refractivity contribution in [3.05, 3.63) is 23.8 Å². The van der Waals surface area contributed by atoms with Gasteiger partial charge in [0.25, 0.3) is 0 Å². The van der Waals surface area contributed by atoms with Gasteiger partial charge < -0.3 is 4.74 Å². The second-order valence-corrected chi connectivity index (χ2v) is 11.8. The van der Waals surface area contributed by atoms with E-state index in [0.717, 1.165) is 49.0 Å². The summed E-state index contributed by atoms with van der Waals surface area (Å²) in [6, 6.07) is 0. The molecule has 8 heteroatoms. The van der Waals surface area contributed by atoms with Crippen molar-refractivity contribution in [3.8, 4) is 0 Å². The molecule has 1 nitrogen and oxygen atoms in total. The van der Waals surface area contributed by atoms with Gasteiger partial charge in [0.05, 0.1) is 6.10 Å². The Morgan fingerprint density at radius 2 is 1.37 bits per heavy atom. The number of ether oxygens (including phenoxy) is 1. The lowest BCUT2D eigenvalue weighted by atomic mass is 9.67. The van der Waals surface area contributed by atoms with Crippen molar-refractivity contribution in [2.75, 3.05) is 6.67 Å². The smallest absolute Gasteiger partial charge is 0.308 e. The van der Waals surface area contributed by atoms with Crippen LogP contribution in [-0.2, 0) is 4.74 Å². The number of halogens is 7. The van der Waals surface area contributed by atoms with Crippen LogP contribution >= 0.6 is 0 Å². The minimum atomic E-state index is -5.95. The Morgan fingerprint density at radius 3 is 1.92 bits per heavy atom. The molecular formula is C30H45F7O. The lowest BCUT2D eigenvalue weighted by Gasteiger charge is -2.38. The topological polar surface area (TPSA) is 9.23 Å². The maximum absolute atomic E-state index is 13.8. The molecule has 0 aromatic rings. The van der Waals surface area contributed by atoms with Gasteiger partial charge in [0.1, 0.15) is 0 Å². The number of hydrogen-bond donors (Lipinski definition) is 0. The zero-order valence-electron chi connectivity index (χ0n) is 22.7. The summed E-state index contributed by atoms with van der Waals surface area (Å²) in [5.41, 5.74) is 0.968. The van der Waals surface area contributed by atoms with Crippen molar-refractivity contribution in [2.45, 2.75) is 134 Å². The lowest BCUT2D eigenvalue weighted by Crippen LogP contribution is -2.57. The first-order valence-corrected chi connectivity index (χ1v) is 14.8. The van der Waals surface area contributed by atoms with Crippen LogP contribution in [0.3, 0.4) is 0 Å². The molecule has 0 radical (unpaired) electrons. The zero-order valence-corrected chi connectivity index (χ0v) is 22.7. The normalized spacial score (nSPS) is 29.4. The summed E-state index contributed by atoms with van der Waals surface area (Å²) in [5.74, 6) is -8.78. The minimum Gasteiger partial charge on any atom is -0.308 e. The summed E-state index contributed by atoms with van der Waals surface area (Å²) in [6.07, 6.45) is 16.5. The molecule has 1 unspecified atom stereocenters. The summed E-state index contributed by atoms with van der Waals surface area (Å²) >= 11 is 0. The average Bonchev–Trinajstić information content (AvgIpc) is 2.91. The molecule has 0 N–H and O–H groups in total. The third-order valence-corrected chi connectivity index (χ3v) is 9.15. The molecule has 220 valence electrons. The molecule has 0 aromatic carbocycles. The standard InChI is InChI=1S/C30H45F7O/c1-2-3-4-5-6-7-8-22-9-11-23(12-10-22)24-13-15-25(16-14-24)26-17-19-27(20-18-26)38-30(36,37)29(34,35)28(32,33)21-31/h17-19,22-25,27H,2-16,20-21H2,1H3/t22-,23-,24?,25?,27?. The maximum Gasteiger partial charge on any atom is 0.426 e. The SMILES string of the molecule is CCCCCCCC[C@H]1CC[C@H](C2CCC(C3=CCC(OC(F)(F)C(F)(F)C(F)(F)CF)C=C3)CC2)CC1. The Balaban J connectivity index is 1.37. The van der Waals surface area contributed by atoms with E-state index in [9.17, 15) is 30.7 Å². The quantitative estimate of drug-likeness (QED) is 0.153. The van der Waals surface area contributed by atoms with Crippen LogP contribution in [0.5, 0.6) is 0 Å². The van der Waals surface area contributed by atoms with Crippen LogP contribution in [-0.4, -0.2) is 30.7 Å². The Bertz CT molecular complexity index is 763. The molecule has 3 rings (SSSR count). The molecule has 2 fully saturated rings. The van der Waals surface area contributed by atoms with Gasteiger partial charge in [-0.3, -0.25) is 0 Å². The van der Waals surface area contributed by atoms with E-state index in [1.807, 2.05) is 0 Å². The van der Waals surface area contributed by atoms with E-state index in [1.165, 1.54) is 76.7 Å². The Labute approximate surface area is 223 Å². The van der Waals surface area contributed by atoms with E-state index in [4.69, 9.17) is 0 Å². The van der Waals surface area contributed by atoms with E-state index in [0.29, 0.717) is 0 Å². The van der Waals surface area contributed by atoms with Crippen LogP contribution in [0.25, 0.3) is 0 Å². The minimum absolute atomic E-state index is 0.110. The first-order chi connectivity index (χ1) is 18.0. The Hall–Kier alpha value is -1.05. The van der Waals surface area contributed by atoms with Gasteiger partial charge in [-0.1, -0.05) is 82.9 Å². The Morgan fingerprint density at radius 1 is 0.789 bits per heavy atom. The summed E-state index contributed by atoms with van der Waals surface area (Å²) < 4.78 is 97.1. The number of alkyl halides is 7. The largest absolute Gasteiger partial charge is 0.426 e. The second-order valence-electron chi connectivity index (χ2n) is 11.8. The van der Waals surface area contributed by atoms with Crippen LogP contribution < -0.4 is 0 Å². The van der Waals surface area contributed by atoms with Crippen LogP contribution in [0.1, 0.15) is 110 Å². The molecular weight excluding hydrogens is 509 g/mol. The molecule has 0 bridgehead atoms. The van der Waals surface area contributed by atoms with Gasteiger partial charge in [0.15, 0.2) is 6.67 Å². The molecule has 3 aliphatic carbocycles. The van der Waals surface area contributed by atoms with Gasteiger partial charge in [-0.15, -0.1) is 0 Å². The van der Waals surface area contributed by atoms with Gasteiger partial charge in [-0.25, -0.2) is 4.39 Å². The highest BCUT2D eigenvalue weighted by Gasteiger charge is 2.73. The third-order valence-electron chi connectivity index (χ3n) is 9.15. The Kier molecular flexibility index (Phi) is 11.6. The fraction of sp³-hybridized carbons (Fsp3) is 0.867. The maximum atomic E-state index is 13.8. The molecule has 0 aliphatic heterocycles. The summed E-state index contributed by atoms with van der Waals surface area (Å²) in [7, 11) is 0. The molecule has 2 saturated carbocycles. The molecule has 0 spiro atoms. The van der Waals surface area contributed by atoms with Crippen molar-refractivity contribution in [2.24, 2.45) is 23.7 Å². The van der Waals surface area contributed by atoms with E-state index < -0.39 is 30.7 Å². The van der Waals surface area contributed by atoms with Crippen molar-refractivity contribution in [1.82, 2.24) is 0 Å². The summed E-state index contributed by atoms with van der Waals surface area (Å²) in [5, 5.41) is 0. The monoisotopic (exact) mass is 554 g/mol. The predicted octanol–water partition coefficient (Wildman–Crippen LogP) is 10.5. The van der Waals surface area contributed by atoms with Gasteiger partial charge in [-0.05, 0) is 74.2 Å². The molecule has 38 heavy (non-hydrogen) atoms. The van der Waals surface area contributed by atoms with Gasteiger partial charge in [-0.2, -0.15) is 26.3 Å². The van der Waals surface area contributed by atoms with E-state index >= 15 is 0 Å². The molecule has 3 aliphatic rings. The first kappa shape index (κ1) is 31.5. The van der Waals surface area contributed by atoms with Crippen LogP contribution in [0.4, 0.5) is 30.7 Å². The van der Waals surface area contributed by atoms with Gasteiger partial charge in [0.2, 0.25) is 0 Å². The number of hydrogen-bond acceptors (Lipinski definition) is 1. The summed E-state index contributed by atoms with van der Waals surface area (Å²) in [6.45, 7) is -0.651. The van der Waals surface area contributed by atoms with Crippen molar-refractivity contribution >= 4 is 0 Å². The van der Waals surface area contributed by atoms with Crippen molar-refractivity contribution < 1.29 is 35.5 Å². The third kappa shape index (κ3) is 8.00. The van der Waals surface area contributed by atoms with E-state index in [1.54, 1.807) is 12.2 Å². The number of allylic oxidation sites excluding steroid dienone is 2.